The minimum absolute atomic E-state index is 0.153. The van der Waals surface area contributed by atoms with Crippen LogP contribution in [0.25, 0.3) is 0 Å². The molecule has 2 nitrogen and oxygen atoms in total. The fraction of sp³-hybridized carbons (Fsp3) is 0.333. The second-order valence-corrected chi connectivity index (χ2v) is 4.10. The Kier molecular flexibility index (Phi) is 3.46. The van der Waals surface area contributed by atoms with Crippen molar-refractivity contribution in [3.8, 4) is 0 Å². The molecule has 0 bridgehead atoms. The lowest BCUT2D eigenvalue weighted by Crippen LogP contribution is -2.11. The molecule has 2 rings (SSSR count). The smallest absolute Gasteiger partial charge is 0.139 e. The summed E-state index contributed by atoms with van der Waals surface area (Å²) >= 11 is 5.76. The van der Waals surface area contributed by atoms with E-state index in [0.717, 1.165) is 12.8 Å². The molecule has 0 amide bonds. The Morgan fingerprint density at radius 3 is 2.94 bits per heavy atom. The van der Waals surface area contributed by atoms with Gasteiger partial charge in [-0.15, -0.1) is 0 Å². The lowest BCUT2D eigenvalue weighted by molar-refractivity contribution is 0.0897. The van der Waals surface area contributed by atoms with E-state index in [4.69, 9.17) is 16.3 Å². The maximum Gasteiger partial charge on any atom is 0.139 e. The van der Waals surface area contributed by atoms with Gasteiger partial charge >= 0.3 is 0 Å². The van der Waals surface area contributed by atoms with Gasteiger partial charge in [-0.1, -0.05) is 11.6 Å². The van der Waals surface area contributed by atoms with E-state index in [1.165, 1.54) is 18.2 Å². The number of rotatable bonds is 2. The summed E-state index contributed by atoms with van der Waals surface area (Å²) < 4.78 is 18.8. The first-order valence-electron chi connectivity index (χ1n) is 5.14. The van der Waals surface area contributed by atoms with Gasteiger partial charge < -0.3 is 9.84 Å². The molecule has 0 aromatic heterocycles. The summed E-state index contributed by atoms with van der Waals surface area (Å²) in [6.45, 7) is 0.561. The molecule has 1 aromatic rings. The average molecular weight is 243 g/mol. The van der Waals surface area contributed by atoms with E-state index in [1.54, 1.807) is 6.08 Å². The van der Waals surface area contributed by atoms with Gasteiger partial charge in [0.15, 0.2) is 0 Å². The molecule has 1 aliphatic heterocycles. The van der Waals surface area contributed by atoms with Crippen LogP contribution in [0.15, 0.2) is 30.0 Å². The van der Waals surface area contributed by atoms with Gasteiger partial charge in [0, 0.05) is 10.6 Å². The minimum atomic E-state index is -1.07. The zero-order valence-corrected chi connectivity index (χ0v) is 9.38. The maximum absolute atomic E-state index is 13.5. The van der Waals surface area contributed by atoms with Crippen molar-refractivity contribution in [1.29, 1.82) is 0 Å². The molecule has 86 valence electrons. The van der Waals surface area contributed by atoms with Crippen molar-refractivity contribution in [2.24, 2.45) is 0 Å². The van der Waals surface area contributed by atoms with Gasteiger partial charge in [0.05, 0.1) is 6.61 Å². The standard InChI is InChI=1S/C12H12ClFO2/c13-8-4-5-10(14)9(7-8)12(15)11-3-1-2-6-16-11/h3-5,7,12,15H,1-2,6H2. The van der Waals surface area contributed by atoms with Crippen molar-refractivity contribution in [3.05, 3.63) is 46.4 Å². The summed E-state index contributed by atoms with van der Waals surface area (Å²) in [6.07, 6.45) is 2.48. The van der Waals surface area contributed by atoms with Crippen LogP contribution >= 0.6 is 11.6 Å². The third-order valence-electron chi connectivity index (χ3n) is 2.48. The predicted octanol–water partition coefficient (Wildman–Crippen LogP) is 3.21. The van der Waals surface area contributed by atoms with Gasteiger partial charge in [0.2, 0.25) is 0 Å². The van der Waals surface area contributed by atoms with Crippen molar-refractivity contribution in [2.45, 2.75) is 18.9 Å². The second-order valence-electron chi connectivity index (χ2n) is 3.67. The number of hydrogen-bond donors (Lipinski definition) is 1. The van der Waals surface area contributed by atoms with E-state index in [2.05, 4.69) is 0 Å². The molecular formula is C12H12ClFO2. The third-order valence-corrected chi connectivity index (χ3v) is 2.72. The van der Waals surface area contributed by atoms with Gasteiger partial charge in [-0.3, -0.25) is 0 Å². The minimum Gasteiger partial charge on any atom is -0.495 e. The molecule has 1 N–H and O–H groups in total. The van der Waals surface area contributed by atoms with Gasteiger partial charge in [0.1, 0.15) is 17.7 Å². The second kappa shape index (κ2) is 4.85. The largest absolute Gasteiger partial charge is 0.495 e. The molecule has 1 unspecified atom stereocenters. The summed E-state index contributed by atoms with van der Waals surface area (Å²) in [5.41, 5.74) is 0.153. The van der Waals surface area contributed by atoms with Crippen LogP contribution in [0.1, 0.15) is 24.5 Å². The van der Waals surface area contributed by atoms with Crippen LogP contribution in [0.5, 0.6) is 0 Å². The number of benzene rings is 1. The fourth-order valence-corrected chi connectivity index (χ4v) is 1.83. The van der Waals surface area contributed by atoms with Crippen LogP contribution in [-0.4, -0.2) is 11.7 Å². The molecule has 0 aliphatic carbocycles. The molecule has 16 heavy (non-hydrogen) atoms. The van der Waals surface area contributed by atoms with Crippen molar-refractivity contribution in [2.75, 3.05) is 6.61 Å². The maximum atomic E-state index is 13.5. The van der Waals surface area contributed by atoms with Crippen LogP contribution in [0.3, 0.4) is 0 Å². The van der Waals surface area contributed by atoms with Crippen molar-refractivity contribution < 1.29 is 14.2 Å². The van der Waals surface area contributed by atoms with Gasteiger partial charge in [-0.25, -0.2) is 4.39 Å². The highest BCUT2D eigenvalue weighted by atomic mass is 35.5. The Bertz CT molecular complexity index is 417. The Morgan fingerprint density at radius 1 is 1.44 bits per heavy atom. The summed E-state index contributed by atoms with van der Waals surface area (Å²) in [7, 11) is 0. The number of ether oxygens (including phenoxy) is 1. The quantitative estimate of drug-likeness (QED) is 0.863. The molecular weight excluding hydrogens is 231 g/mol. The monoisotopic (exact) mass is 242 g/mol. The van der Waals surface area contributed by atoms with E-state index in [1.807, 2.05) is 0 Å². The Balaban J connectivity index is 2.29. The van der Waals surface area contributed by atoms with E-state index in [0.29, 0.717) is 17.4 Å². The van der Waals surface area contributed by atoms with E-state index in [-0.39, 0.29) is 5.56 Å². The van der Waals surface area contributed by atoms with Gasteiger partial charge in [-0.05, 0) is 37.1 Å². The Hall–Kier alpha value is -1.06. The molecule has 0 saturated carbocycles. The third kappa shape index (κ3) is 2.36. The zero-order chi connectivity index (χ0) is 11.5. The Morgan fingerprint density at radius 2 is 2.25 bits per heavy atom. The van der Waals surface area contributed by atoms with Gasteiger partial charge in [-0.2, -0.15) is 0 Å². The zero-order valence-electron chi connectivity index (χ0n) is 8.62. The SMILES string of the molecule is OC(C1=CCCCO1)c1cc(Cl)ccc1F. The van der Waals surface area contributed by atoms with Gasteiger partial charge in [0.25, 0.3) is 0 Å². The summed E-state index contributed by atoms with van der Waals surface area (Å²) in [4.78, 5) is 0. The molecule has 0 spiro atoms. The van der Waals surface area contributed by atoms with Crippen LogP contribution in [-0.2, 0) is 4.74 Å². The van der Waals surface area contributed by atoms with E-state index >= 15 is 0 Å². The number of aliphatic hydroxyl groups is 1. The van der Waals surface area contributed by atoms with Crippen LogP contribution < -0.4 is 0 Å². The van der Waals surface area contributed by atoms with Crippen molar-refractivity contribution >= 4 is 11.6 Å². The van der Waals surface area contributed by atoms with Crippen molar-refractivity contribution in [3.63, 3.8) is 0 Å². The van der Waals surface area contributed by atoms with Crippen LogP contribution in [0, 0.1) is 5.82 Å². The summed E-state index contributed by atoms with van der Waals surface area (Å²) in [5.74, 6) is -0.0700. The molecule has 0 saturated heterocycles. The normalized spacial score (nSPS) is 17.6. The average Bonchev–Trinajstić information content (AvgIpc) is 2.32. The van der Waals surface area contributed by atoms with Crippen molar-refractivity contribution in [1.82, 2.24) is 0 Å². The Labute approximate surface area is 98.3 Å². The lowest BCUT2D eigenvalue weighted by atomic mass is 10.1. The number of aliphatic hydroxyl groups excluding tert-OH is 1. The fourth-order valence-electron chi connectivity index (χ4n) is 1.64. The predicted molar refractivity (Wildman–Crippen MR) is 59.6 cm³/mol. The number of hydrogen-bond acceptors (Lipinski definition) is 2. The van der Waals surface area contributed by atoms with Crippen LogP contribution in [0.2, 0.25) is 5.02 Å². The highest BCUT2D eigenvalue weighted by Crippen LogP contribution is 2.29. The molecule has 0 fully saturated rings. The molecule has 4 heteroatoms. The lowest BCUT2D eigenvalue weighted by Gasteiger charge is -2.20. The first-order chi connectivity index (χ1) is 7.68. The highest BCUT2D eigenvalue weighted by Gasteiger charge is 2.20. The molecule has 1 atom stereocenters. The molecule has 1 aromatic carbocycles. The summed E-state index contributed by atoms with van der Waals surface area (Å²) in [5, 5.41) is 10.4. The molecule has 1 aliphatic rings. The highest BCUT2D eigenvalue weighted by molar-refractivity contribution is 6.30. The first-order valence-corrected chi connectivity index (χ1v) is 5.52. The number of halogens is 2. The topological polar surface area (TPSA) is 29.5 Å². The summed E-state index contributed by atoms with van der Waals surface area (Å²) in [6, 6.07) is 4.11. The van der Waals surface area contributed by atoms with E-state index < -0.39 is 11.9 Å². The number of allylic oxidation sites excluding steroid dienone is 1. The van der Waals surface area contributed by atoms with E-state index in [9.17, 15) is 9.50 Å². The molecule has 1 heterocycles. The van der Waals surface area contributed by atoms with Crippen LogP contribution in [0.4, 0.5) is 4.39 Å². The first kappa shape index (κ1) is 11.4. The molecule has 0 radical (unpaired) electrons.